The molecular formula is C16H15ClN2S. The molecule has 102 valence electrons. The fraction of sp³-hybridized carbons (Fsp3) is 0.188. The van der Waals surface area contributed by atoms with Crippen molar-refractivity contribution in [1.29, 1.82) is 0 Å². The van der Waals surface area contributed by atoms with E-state index < -0.39 is 0 Å². The molecule has 0 amide bonds. The summed E-state index contributed by atoms with van der Waals surface area (Å²) in [5, 5.41) is 5.09. The van der Waals surface area contributed by atoms with Gasteiger partial charge in [0.1, 0.15) is 6.04 Å². The Kier molecular flexibility index (Phi) is 3.99. The molecule has 3 rings (SSSR count). The molecule has 2 aromatic carbocycles. The molecule has 0 saturated carbocycles. The number of anilines is 1. The van der Waals surface area contributed by atoms with Crippen LogP contribution in [0.15, 0.2) is 53.5 Å². The number of amidine groups is 1. The fourth-order valence-electron chi connectivity index (χ4n) is 2.31. The Hall–Kier alpha value is -1.45. The predicted octanol–water partition coefficient (Wildman–Crippen LogP) is 4.96. The summed E-state index contributed by atoms with van der Waals surface area (Å²) in [5.41, 5.74) is 3.41. The maximum atomic E-state index is 6.15. The van der Waals surface area contributed by atoms with E-state index in [0.29, 0.717) is 0 Å². The van der Waals surface area contributed by atoms with Gasteiger partial charge in [0.2, 0.25) is 0 Å². The van der Waals surface area contributed by atoms with Crippen LogP contribution in [0.25, 0.3) is 0 Å². The van der Waals surface area contributed by atoms with Crippen LogP contribution < -0.4 is 5.32 Å². The van der Waals surface area contributed by atoms with Crippen molar-refractivity contribution in [2.45, 2.75) is 13.0 Å². The van der Waals surface area contributed by atoms with Crippen molar-refractivity contribution in [2.75, 3.05) is 11.1 Å². The maximum absolute atomic E-state index is 6.15. The molecule has 20 heavy (non-hydrogen) atoms. The first kappa shape index (κ1) is 13.5. The van der Waals surface area contributed by atoms with Gasteiger partial charge in [0.15, 0.2) is 5.17 Å². The zero-order valence-electron chi connectivity index (χ0n) is 11.1. The van der Waals surface area contributed by atoms with E-state index in [4.69, 9.17) is 16.6 Å². The van der Waals surface area contributed by atoms with Crippen LogP contribution >= 0.6 is 23.4 Å². The lowest BCUT2D eigenvalue weighted by molar-refractivity contribution is 0.868. The monoisotopic (exact) mass is 302 g/mol. The summed E-state index contributed by atoms with van der Waals surface area (Å²) in [4.78, 5) is 4.83. The molecule has 1 unspecified atom stereocenters. The van der Waals surface area contributed by atoms with Crippen molar-refractivity contribution >= 4 is 34.2 Å². The topological polar surface area (TPSA) is 24.4 Å². The minimum absolute atomic E-state index is 0.0141. The molecule has 0 saturated heterocycles. The van der Waals surface area contributed by atoms with E-state index in [9.17, 15) is 0 Å². The highest BCUT2D eigenvalue weighted by Crippen LogP contribution is 2.37. The molecule has 0 radical (unpaired) electrons. The maximum Gasteiger partial charge on any atom is 0.161 e. The molecule has 0 aromatic heterocycles. The lowest BCUT2D eigenvalue weighted by atomic mass is 9.97. The number of hydrogen-bond acceptors (Lipinski definition) is 3. The molecule has 1 aliphatic heterocycles. The summed E-state index contributed by atoms with van der Waals surface area (Å²) in [6.45, 7) is 2.13. The number of rotatable bonds is 2. The van der Waals surface area contributed by atoms with Crippen LogP contribution in [0.1, 0.15) is 24.1 Å². The summed E-state index contributed by atoms with van der Waals surface area (Å²) in [6.07, 6.45) is 0. The van der Waals surface area contributed by atoms with E-state index in [-0.39, 0.29) is 6.04 Å². The van der Waals surface area contributed by atoms with Gasteiger partial charge in [0, 0.05) is 16.3 Å². The van der Waals surface area contributed by atoms with Gasteiger partial charge in [-0.05, 0) is 29.5 Å². The summed E-state index contributed by atoms with van der Waals surface area (Å²) in [5.74, 6) is 0.996. The van der Waals surface area contributed by atoms with Gasteiger partial charge in [-0.15, -0.1) is 0 Å². The standard InChI is InChI=1S/C16H15ClN2S/c1-2-20-16-18-14-9-8-12(17)10-13(14)15(19-16)11-6-4-3-5-7-11/h3-10,15H,2H2,1H3,(H,18,19). The SMILES string of the molecule is CCSC1=NC(c2ccccc2)c2cc(Cl)ccc2N1. The van der Waals surface area contributed by atoms with E-state index in [2.05, 4.69) is 24.4 Å². The third-order valence-corrected chi connectivity index (χ3v) is 4.20. The molecule has 2 nitrogen and oxygen atoms in total. The second-order valence-electron chi connectivity index (χ2n) is 4.54. The minimum atomic E-state index is 0.0141. The van der Waals surface area contributed by atoms with Crippen LogP contribution in [0.4, 0.5) is 5.69 Å². The largest absolute Gasteiger partial charge is 0.335 e. The average molecular weight is 303 g/mol. The number of thioether (sulfide) groups is 1. The highest BCUT2D eigenvalue weighted by Gasteiger charge is 2.23. The molecule has 0 spiro atoms. The number of halogens is 1. The Morgan fingerprint density at radius 2 is 2.00 bits per heavy atom. The Morgan fingerprint density at radius 1 is 1.20 bits per heavy atom. The smallest absolute Gasteiger partial charge is 0.161 e. The molecule has 0 fully saturated rings. The van der Waals surface area contributed by atoms with E-state index in [0.717, 1.165) is 27.2 Å². The normalized spacial score (nSPS) is 17.1. The Morgan fingerprint density at radius 3 is 2.75 bits per heavy atom. The summed E-state index contributed by atoms with van der Waals surface area (Å²) in [7, 11) is 0. The molecular weight excluding hydrogens is 288 g/mol. The molecule has 0 aliphatic carbocycles. The Labute approximate surface area is 128 Å². The van der Waals surface area contributed by atoms with Crippen molar-refractivity contribution in [2.24, 2.45) is 4.99 Å². The summed E-state index contributed by atoms with van der Waals surface area (Å²) in [6, 6.07) is 16.3. The number of hydrogen-bond donors (Lipinski definition) is 1. The number of fused-ring (bicyclic) bond motifs is 1. The fourth-order valence-corrected chi connectivity index (χ4v) is 3.12. The lowest BCUT2D eigenvalue weighted by Gasteiger charge is -2.25. The molecule has 1 N–H and O–H groups in total. The molecule has 1 aliphatic rings. The Bertz CT molecular complexity index is 640. The van der Waals surface area contributed by atoms with Gasteiger partial charge in [-0.25, -0.2) is 4.99 Å². The number of nitrogens with zero attached hydrogens (tertiary/aromatic N) is 1. The Balaban J connectivity index is 2.08. The molecule has 4 heteroatoms. The average Bonchev–Trinajstić information content (AvgIpc) is 2.48. The summed E-state index contributed by atoms with van der Waals surface area (Å²) < 4.78 is 0. The quantitative estimate of drug-likeness (QED) is 0.847. The van der Waals surface area contributed by atoms with Crippen molar-refractivity contribution in [3.63, 3.8) is 0 Å². The molecule has 1 atom stereocenters. The lowest BCUT2D eigenvalue weighted by Crippen LogP contribution is -2.18. The van der Waals surface area contributed by atoms with Crippen molar-refractivity contribution in [3.05, 3.63) is 64.7 Å². The second kappa shape index (κ2) is 5.90. The number of nitrogens with one attached hydrogen (secondary N) is 1. The van der Waals surface area contributed by atoms with Crippen LogP contribution in [0.3, 0.4) is 0 Å². The van der Waals surface area contributed by atoms with Crippen molar-refractivity contribution in [3.8, 4) is 0 Å². The molecule has 2 aromatic rings. The van der Waals surface area contributed by atoms with Crippen LogP contribution in [-0.4, -0.2) is 10.9 Å². The first-order chi connectivity index (χ1) is 9.78. The minimum Gasteiger partial charge on any atom is -0.335 e. The van der Waals surface area contributed by atoms with Gasteiger partial charge in [-0.1, -0.05) is 60.6 Å². The van der Waals surface area contributed by atoms with Gasteiger partial charge in [-0.2, -0.15) is 0 Å². The van der Waals surface area contributed by atoms with Crippen LogP contribution in [0, 0.1) is 0 Å². The van der Waals surface area contributed by atoms with Crippen LogP contribution in [0.5, 0.6) is 0 Å². The first-order valence-corrected chi connectivity index (χ1v) is 7.96. The number of aliphatic imine (C=N–C) groups is 1. The number of benzene rings is 2. The molecule has 1 heterocycles. The van der Waals surface area contributed by atoms with Crippen LogP contribution in [-0.2, 0) is 0 Å². The highest BCUT2D eigenvalue weighted by atomic mass is 35.5. The third kappa shape index (κ3) is 2.69. The van der Waals surface area contributed by atoms with Crippen LogP contribution in [0.2, 0.25) is 5.02 Å². The summed E-state index contributed by atoms with van der Waals surface area (Å²) >= 11 is 7.87. The van der Waals surface area contributed by atoms with Crippen molar-refractivity contribution in [1.82, 2.24) is 0 Å². The van der Waals surface area contributed by atoms with Gasteiger partial charge >= 0.3 is 0 Å². The third-order valence-electron chi connectivity index (χ3n) is 3.19. The van der Waals surface area contributed by atoms with Crippen molar-refractivity contribution < 1.29 is 0 Å². The first-order valence-electron chi connectivity index (χ1n) is 6.60. The zero-order chi connectivity index (χ0) is 13.9. The highest BCUT2D eigenvalue weighted by molar-refractivity contribution is 8.14. The van der Waals surface area contributed by atoms with Gasteiger partial charge in [0.05, 0.1) is 0 Å². The zero-order valence-corrected chi connectivity index (χ0v) is 12.7. The van der Waals surface area contributed by atoms with E-state index >= 15 is 0 Å². The second-order valence-corrected chi connectivity index (χ2v) is 6.23. The van der Waals surface area contributed by atoms with Gasteiger partial charge in [-0.3, -0.25) is 0 Å². The predicted molar refractivity (Wildman–Crippen MR) is 88.9 cm³/mol. The van der Waals surface area contributed by atoms with E-state index in [1.54, 1.807) is 11.8 Å². The van der Waals surface area contributed by atoms with Gasteiger partial charge < -0.3 is 5.32 Å². The van der Waals surface area contributed by atoms with Gasteiger partial charge in [0.25, 0.3) is 0 Å². The molecule has 0 bridgehead atoms. The van der Waals surface area contributed by atoms with E-state index in [1.165, 1.54) is 5.56 Å². The van der Waals surface area contributed by atoms with E-state index in [1.807, 2.05) is 36.4 Å².